The smallest absolute Gasteiger partial charge is 0.340 e. The first-order valence-corrected chi connectivity index (χ1v) is 6.18. The third-order valence-corrected chi connectivity index (χ3v) is 3.18. The molecule has 0 atom stereocenters. The molecular weight excluding hydrogens is 270 g/mol. The van der Waals surface area contributed by atoms with Crippen molar-refractivity contribution in [2.75, 3.05) is 12.3 Å². The van der Waals surface area contributed by atoms with Crippen LogP contribution >= 0.6 is 15.9 Å². The molecule has 16 heavy (non-hydrogen) atoms. The van der Waals surface area contributed by atoms with Crippen molar-refractivity contribution in [1.82, 2.24) is 0 Å². The average Bonchev–Trinajstić information content (AvgIpc) is 3.05. The summed E-state index contributed by atoms with van der Waals surface area (Å²) < 4.78 is 6.00. The Morgan fingerprint density at radius 2 is 2.25 bits per heavy atom. The zero-order valence-corrected chi connectivity index (χ0v) is 10.5. The van der Waals surface area contributed by atoms with E-state index >= 15 is 0 Å². The summed E-state index contributed by atoms with van der Waals surface area (Å²) >= 11 is 3.30. The molecule has 2 N–H and O–H groups in total. The van der Waals surface area contributed by atoms with Gasteiger partial charge in [-0.2, -0.15) is 0 Å². The predicted molar refractivity (Wildman–Crippen MR) is 66.2 cm³/mol. The van der Waals surface area contributed by atoms with Gasteiger partial charge in [-0.25, -0.2) is 4.79 Å². The van der Waals surface area contributed by atoms with Crippen LogP contribution in [0.25, 0.3) is 0 Å². The average molecular weight is 284 g/mol. The molecule has 1 aromatic rings. The molecule has 0 spiro atoms. The second-order valence-corrected chi connectivity index (χ2v) is 5.02. The highest BCUT2D eigenvalue weighted by Gasteiger charge is 2.21. The van der Waals surface area contributed by atoms with Crippen LogP contribution in [0.3, 0.4) is 0 Å². The van der Waals surface area contributed by atoms with Crippen LogP contribution in [0, 0.1) is 5.92 Å². The van der Waals surface area contributed by atoms with Gasteiger partial charge in [-0.05, 0) is 30.5 Å². The second kappa shape index (κ2) is 4.87. The number of nitrogens with two attached hydrogens (primary N) is 1. The van der Waals surface area contributed by atoms with Crippen LogP contribution in [0.1, 0.15) is 29.6 Å². The predicted octanol–water partition coefficient (Wildman–Crippen LogP) is 2.99. The van der Waals surface area contributed by atoms with Crippen LogP contribution < -0.4 is 5.73 Å². The molecule has 2 rings (SSSR count). The molecule has 0 heterocycles. The zero-order valence-electron chi connectivity index (χ0n) is 8.91. The van der Waals surface area contributed by atoms with Crippen LogP contribution in [0.4, 0.5) is 5.69 Å². The number of carbonyl (C=O) groups is 1. The summed E-state index contributed by atoms with van der Waals surface area (Å²) in [5.74, 6) is 0.437. The van der Waals surface area contributed by atoms with Crippen molar-refractivity contribution in [3.05, 3.63) is 28.2 Å². The summed E-state index contributed by atoms with van der Waals surface area (Å²) in [5, 5.41) is 0. The molecule has 0 radical (unpaired) electrons. The molecule has 0 aliphatic heterocycles. The summed E-state index contributed by atoms with van der Waals surface area (Å²) in [4.78, 5) is 11.7. The fourth-order valence-corrected chi connectivity index (χ4v) is 1.87. The summed E-state index contributed by atoms with van der Waals surface area (Å²) in [6.07, 6.45) is 3.52. The lowest BCUT2D eigenvalue weighted by molar-refractivity contribution is 0.0496. The minimum absolute atomic E-state index is 0.334. The van der Waals surface area contributed by atoms with Gasteiger partial charge in [-0.15, -0.1) is 0 Å². The Hall–Kier alpha value is -1.03. The molecule has 86 valence electrons. The number of rotatable bonds is 4. The highest BCUT2D eigenvalue weighted by Crippen LogP contribution is 2.32. The molecule has 1 aliphatic carbocycles. The molecule has 0 aromatic heterocycles. The van der Waals surface area contributed by atoms with Crippen LogP contribution in [0.5, 0.6) is 0 Å². The Labute approximate surface area is 103 Å². The first kappa shape index (κ1) is 11.5. The Kier molecular flexibility index (Phi) is 3.49. The molecule has 0 unspecified atom stereocenters. The lowest BCUT2D eigenvalue weighted by Gasteiger charge is -2.06. The summed E-state index contributed by atoms with van der Waals surface area (Å²) in [5.41, 5.74) is 6.61. The topological polar surface area (TPSA) is 52.3 Å². The van der Waals surface area contributed by atoms with Gasteiger partial charge >= 0.3 is 5.97 Å². The normalized spacial score (nSPS) is 14.8. The van der Waals surface area contributed by atoms with E-state index in [-0.39, 0.29) is 5.97 Å². The van der Waals surface area contributed by atoms with Gasteiger partial charge in [0.1, 0.15) is 0 Å². The van der Waals surface area contributed by atoms with E-state index in [0.717, 1.165) is 16.8 Å². The van der Waals surface area contributed by atoms with Crippen molar-refractivity contribution < 1.29 is 9.53 Å². The van der Waals surface area contributed by atoms with E-state index in [2.05, 4.69) is 15.9 Å². The van der Waals surface area contributed by atoms with Crippen LogP contribution in [-0.2, 0) is 4.74 Å². The van der Waals surface area contributed by atoms with E-state index < -0.39 is 0 Å². The van der Waals surface area contributed by atoms with Crippen molar-refractivity contribution in [3.63, 3.8) is 0 Å². The van der Waals surface area contributed by atoms with E-state index in [1.807, 2.05) is 0 Å². The minimum atomic E-state index is -0.334. The fourth-order valence-electron chi connectivity index (χ4n) is 1.51. The largest absolute Gasteiger partial charge is 0.462 e. The molecule has 0 saturated heterocycles. The monoisotopic (exact) mass is 283 g/mol. The molecule has 1 aliphatic rings. The van der Waals surface area contributed by atoms with Gasteiger partial charge in [0.2, 0.25) is 0 Å². The number of benzene rings is 1. The molecule has 1 fully saturated rings. The number of anilines is 1. The number of carbonyl (C=O) groups excluding carboxylic acids is 1. The lowest BCUT2D eigenvalue weighted by atomic mass is 10.2. The van der Waals surface area contributed by atoms with E-state index in [0.29, 0.717) is 17.9 Å². The van der Waals surface area contributed by atoms with Gasteiger partial charge in [0.25, 0.3) is 0 Å². The third kappa shape index (κ3) is 2.98. The van der Waals surface area contributed by atoms with Crippen LogP contribution in [0.15, 0.2) is 22.7 Å². The molecule has 0 bridgehead atoms. The minimum Gasteiger partial charge on any atom is -0.462 e. The number of hydrogen-bond acceptors (Lipinski definition) is 3. The Bertz CT molecular complexity index is 402. The van der Waals surface area contributed by atoms with Crippen LogP contribution in [0.2, 0.25) is 0 Å². The SMILES string of the molecule is Nc1ccc(Br)cc1C(=O)OCCC1CC1. The van der Waals surface area contributed by atoms with Crippen molar-refractivity contribution in [3.8, 4) is 0 Å². The number of ether oxygens (including phenoxy) is 1. The van der Waals surface area contributed by atoms with E-state index in [4.69, 9.17) is 10.5 Å². The molecule has 1 saturated carbocycles. The molecule has 4 heteroatoms. The highest BCUT2D eigenvalue weighted by molar-refractivity contribution is 9.10. The van der Waals surface area contributed by atoms with Gasteiger partial charge in [0.15, 0.2) is 0 Å². The number of halogens is 1. The molecule has 0 amide bonds. The van der Waals surface area contributed by atoms with Gasteiger partial charge in [-0.3, -0.25) is 0 Å². The fraction of sp³-hybridized carbons (Fsp3) is 0.417. The van der Waals surface area contributed by atoms with Gasteiger partial charge in [0.05, 0.1) is 12.2 Å². The standard InChI is InChI=1S/C12H14BrNO2/c13-9-3-4-11(14)10(7-9)12(15)16-6-5-8-1-2-8/h3-4,7-8H,1-2,5-6,14H2. The second-order valence-electron chi connectivity index (χ2n) is 4.10. The van der Waals surface area contributed by atoms with Crippen molar-refractivity contribution >= 4 is 27.6 Å². The van der Waals surface area contributed by atoms with E-state index in [9.17, 15) is 4.79 Å². The first-order valence-electron chi connectivity index (χ1n) is 5.39. The number of nitrogen functional groups attached to an aromatic ring is 1. The first-order chi connectivity index (χ1) is 7.66. The third-order valence-electron chi connectivity index (χ3n) is 2.69. The van der Waals surface area contributed by atoms with Gasteiger partial charge in [0, 0.05) is 10.2 Å². The van der Waals surface area contributed by atoms with Gasteiger partial charge < -0.3 is 10.5 Å². The summed E-state index contributed by atoms with van der Waals surface area (Å²) in [7, 11) is 0. The van der Waals surface area contributed by atoms with Crippen molar-refractivity contribution in [2.24, 2.45) is 5.92 Å². The van der Waals surface area contributed by atoms with Crippen LogP contribution in [-0.4, -0.2) is 12.6 Å². The Balaban J connectivity index is 1.93. The number of esters is 1. The maximum Gasteiger partial charge on any atom is 0.340 e. The zero-order chi connectivity index (χ0) is 11.5. The van der Waals surface area contributed by atoms with Crippen molar-refractivity contribution in [1.29, 1.82) is 0 Å². The van der Waals surface area contributed by atoms with E-state index in [1.54, 1.807) is 18.2 Å². The van der Waals surface area contributed by atoms with Gasteiger partial charge in [-0.1, -0.05) is 28.8 Å². The lowest BCUT2D eigenvalue weighted by Crippen LogP contribution is -2.09. The highest BCUT2D eigenvalue weighted by atomic mass is 79.9. The summed E-state index contributed by atoms with van der Waals surface area (Å²) in [6.45, 7) is 0.495. The Morgan fingerprint density at radius 3 is 2.94 bits per heavy atom. The van der Waals surface area contributed by atoms with Crippen molar-refractivity contribution in [2.45, 2.75) is 19.3 Å². The Morgan fingerprint density at radius 1 is 1.50 bits per heavy atom. The molecule has 1 aromatic carbocycles. The quantitative estimate of drug-likeness (QED) is 0.683. The maximum atomic E-state index is 11.7. The molecule has 3 nitrogen and oxygen atoms in total. The summed E-state index contributed by atoms with van der Waals surface area (Å²) in [6, 6.07) is 5.19. The number of hydrogen-bond donors (Lipinski definition) is 1. The maximum absolute atomic E-state index is 11.7. The molecular formula is C12H14BrNO2. The van der Waals surface area contributed by atoms with E-state index in [1.165, 1.54) is 12.8 Å².